The molecule has 5 aromatic rings. The van der Waals surface area contributed by atoms with Crippen molar-refractivity contribution >= 4 is 22.5 Å². The van der Waals surface area contributed by atoms with Gasteiger partial charge in [0.05, 0.1) is 34.7 Å². The third kappa shape index (κ3) is 5.04. The topological polar surface area (TPSA) is 108 Å². The van der Waals surface area contributed by atoms with Gasteiger partial charge in [-0.15, -0.1) is 0 Å². The van der Waals surface area contributed by atoms with Crippen LogP contribution in [0.3, 0.4) is 0 Å². The zero-order valence-electron chi connectivity index (χ0n) is 21.9. The third-order valence-corrected chi connectivity index (χ3v) is 6.75. The van der Waals surface area contributed by atoms with Crippen LogP contribution >= 0.6 is 0 Å². The number of nitro groups is 1. The van der Waals surface area contributed by atoms with Gasteiger partial charge in [-0.3, -0.25) is 24.3 Å². The molecule has 0 aliphatic heterocycles. The quantitative estimate of drug-likeness (QED) is 0.187. The summed E-state index contributed by atoms with van der Waals surface area (Å²) in [5, 5.41) is 11.6. The number of aromatic nitrogens is 2. The molecule has 0 aliphatic rings. The number of ether oxygens (including phenoxy) is 1. The van der Waals surface area contributed by atoms with Crippen molar-refractivity contribution in [3.63, 3.8) is 0 Å². The van der Waals surface area contributed by atoms with E-state index < -0.39 is 11.0 Å². The van der Waals surface area contributed by atoms with Crippen molar-refractivity contribution < 1.29 is 14.5 Å². The summed E-state index contributed by atoms with van der Waals surface area (Å²) < 4.78 is 7.07. The molecule has 0 saturated carbocycles. The van der Waals surface area contributed by atoms with Crippen LogP contribution in [0.25, 0.3) is 16.6 Å². The second-order valence-electron chi connectivity index (χ2n) is 9.20. The number of non-ortho nitro benzene ring substituents is 1. The smallest absolute Gasteiger partial charge is 0.269 e. The molecule has 0 bridgehead atoms. The van der Waals surface area contributed by atoms with Crippen molar-refractivity contribution in [3.8, 4) is 11.4 Å². The Hall–Kier alpha value is -5.31. The molecule has 0 N–H and O–H groups in total. The van der Waals surface area contributed by atoms with Crippen molar-refractivity contribution in [2.24, 2.45) is 0 Å². The van der Waals surface area contributed by atoms with E-state index in [0.717, 1.165) is 5.56 Å². The average Bonchev–Trinajstić information content (AvgIpc) is 2.99. The first-order chi connectivity index (χ1) is 19.4. The normalized spacial score (nSPS) is 11.7. The van der Waals surface area contributed by atoms with E-state index in [2.05, 4.69) is 0 Å². The number of carbonyl (C=O) groups is 1. The highest BCUT2D eigenvalue weighted by molar-refractivity contribution is 5.94. The first-order valence-corrected chi connectivity index (χ1v) is 12.6. The lowest BCUT2D eigenvalue weighted by molar-refractivity contribution is -0.384. The van der Waals surface area contributed by atoms with Crippen LogP contribution in [-0.4, -0.2) is 32.4 Å². The van der Waals surface area contributed by atoms with E-state index in [4.69, 9.17) is 9.72 Å². The predicted octanol–water partition coefficient (Wildman–Crippen LogP) is 5.71. The number of nitrogens with zero attached hydrogens (tertiary/aromatic N) is 4. The Bertz CT molecular complexity index is 1750. The van der Waals surface area contributed by atoms with E-state index in [1.54, 1.807) is 47.4 Å². The zero-order chi connectivity index (χ0) is 28.2. The highest BCUT2D eigenvalue weighted by Crippen LogP contribution is 2.29. The lowest BCUT2D eigenvalue weighted by atomic mass is 10.1. The molecule has 1 aromatic heterocycles. The third-order valence-electron chi connectivity index (χ3n) is 6.75. The van der Waals surface area contributed by atoms with Crippen LogP contribution in [0.5, 0.6) is 5.75 Å². The minimum atomic E-state index is -0.690. The minimum Gasteiger partial charge on any atom is -0.495 e. The van der Waals surface area contributed by atoms with Crippen molar-refractivity contribution in [1.29, 1.82) is 0 Å². The second kappa shape index (κ2) is 11.2. The van der Waals surface area contributed by atoms with Crippen LogP contribution in [0.4, 0.5) is 5.69 Å². The van der Waals surface area contributed by atoms with Crippen LogP contribution in [0.2, 0.25) is 0 Å². The number of rotatable bonds is 8. The van der Waals surface area contributed by atoms with Gasteiger partial charge < -0.3 is 9.64 Å². The minimum absolute atomic E-state index is 0.111. The number of nitro benzene ring substituents is 1. The number of fused-ring (bicyclic) bond motifs is 1. The van der Waals surface area contributed by atoms with E-state index in [0.29, 0.717) is 28.2 Å². The van der Waals surface area contributed by atoms with Gasteiger partial charge in [-0.2, -0.15) is 0 Å². The lowest BCUT2D eigenvalue weighted by Gasteiger charge is -2.31. The van der Waals surface area contributed by atoms with E-state index in [9.17, 15) is 19.7 Å². The molecule has 0 radical (unpaired) electrons. The molecule has 1 unspecified atom stereocenters. The molecule has 0 aliphatic carbocycles. The van der Waals surface area contributed by atoms with Crippen LogP contribution in [0.1, 0.15) is 34.7 Å². The van der Waals surface area contributed by atoms with E-state index in [-0.39, 0.29) is 29.3 Å². The Kier molecular flexibility index (Phi) is 7.37. The Morgan fingerprint density at radius 1 is 0.950 bits per heavy atom. The standard InChI is InChI=1S/C31H26N4O5/c1-21(33(20-22-10-4-3-5-11-22)30(36)23-16-18-24(19-17-23)35(38)39)29-32-26-13-7-6-12-25(26)31(37)34(29)27-14-8-9-15-28(27)40-2/h3-19,21H,20H2,1-2H3. The van der Waals surface area contributed by atoms with Crippen molar-refractivity contribution in [2.45, 2.75) is 19.5 Å². The molecule has 0 fully saturated rings. The van der Waals surface area contributed by atoms with Crippen LogP contribution < -0.4 is 10.3 Å². The maximum atomic E-state index is 14.0. The molecule has 1 amide bonds. The van der Waals surface area contributed by atoms with Crippen LogP contribution in [0, 0.1) is 10.1 Å². The van der Waals surface area contributed by atoms with E-state index in [1.165, 1.54) is 35.9 Å². The summed E-state index contributed by atoms with van der Waals surface area (Å²) in [4.78, 5) is 45.1. The van der Waals surface area contributed by atoms with E-state index in [1.807, 2.05) is 43.3 Å². The SMILES string of the molecule is COc1ccccc1-n1c(C(C)N(Cc2ccccc2)C(=O)c2ccc([N+](=O)[O-])cc2)nc2ccccc2c1=O. The molecule has 5 rings (SSSR count). The molecular weight excluding hydrogens is 508 g/mol. The number of amides is 1. The van der Waals surface area contributed by atoms with Gasteiger partial charge in [-0.05, 0) is 48.9 Å². The van der Waals surface area contributed by atoms with Gasteiger partial charge in [0, 0.05) is 24.2 Å². The molecule has 1 atom stereocenters. The van der Waals surface area contributed by atoms with Crippen LogP contribution in [-0.2, 0) is 6.54 Å². The Morgan fingerprint density at radius 3 is 2.30 bits per heavy atom. The van der Waals surface area contributed by atoms with Crippen molar-refractivity contribution in [2.75, 3.05) is 7.11 Å². The highest BCUT2D eigenvalue weighted by atomic mass is 16.6. The van der Waals surface area contributed by atoms with Gasteiger partial charge in [0.1, 0.15) is 11.6 Å². The number of hydrogen-bond acceptors (Lipinski definition) is 6. The highest BCUT2D eigenvalue weighted by Gasteiger charge is 2.29. The summed E-state index contributed by atoms with van der Waals surface area (Å²) in [6.07, 6.45) is 0. The maximum Gasteiger partial charge on any atom is 0.269 e. The van der Waals surface area contributed by atoms with E-state index >= 15 is 0 Å². The van der Waals surface area contributed by atoms with Gasteiger partial charge in [-0.25, -0.2) is 4.98 Å². The fourth-order valence-electron chi connectivity index (χ4n) is 4.67. The molecular formula is C31H26N4O5. The largest absolute Gasteiger partial charge is 0.495 e. The van der Waals surface area contributed by atoms with Gasteiger partial charge in [0.15, 0.2) is 0 Å². The van der Waals surface area contributed by atoms with Crippen molar-refractivity contribution in [1.82, 2.24) is 14.5 Å². The predicted molar refractivity (Wildman–Crippen MR) is 152 cm³/mol. The summed E-state index contributed by atoms with van der Waals surface area (Å²) in [5.41, 5.74) is 1.75. The lowest BCUT2D eigenvalue weighted by Crippen LogP contribution is -2.37. The summed E-state index contributed by atoms with van der Waals surface area (Å²) in [6, 6.07) is 28.5. The second-order valence-corrected chi connectivity index (χ2v) is 9.20. The molecule has 0 spiro atoms. The molecule has 1 heterocycles. The molecule has 9 heteroatoms. The number of benzene rings is 4. The fourth-order valence-corrected chi connectivity index (χ4v) is 4.67. The fraction of sp³-hybridized carbons (Fsp3) is 0.129. The zero-order valence-corrected chi connectivity index (χ0v) is 21.9. The van der Waals surface area contributed by atoms with Gasteiger partial charge in [0.2, 0.25) is 0 Å². The first kappa shape index (κ1) is 26.3. The molecule has 4 aromatic carbocycles. The number of hydrogen-bond donors (Lipinski definition) is 0. The van der Waals surface area contributed by atoms with Gasteiger partial charge >= 0.3 is 0 Å². The Morgan fingerprint density at radius 2 is 1.60 bits per heavy atom. The Labute approximate surface area is 230 Å². The molecule has 9 nitrogen and oxygen atoms in total. The molecule has 200 valence electrons. The monoisotopic (exact) mass is 534 g/mol. The number of para-hydroxylation sites is 3. The summed E-state index contributed by atoms with van der Waals surface area (Å²) in [5.74, 6) is 0.464. The average molecular weight is 535 g/mol. The van der Waals surface area contributed by atoms with Gasteiger partial charge in [-0.1, -0.05) is 54.6 Å². The molecule has 0 saturated heterocycles. The molecule has 40 heavy (non-hydrogen) atoms. The summed E-state index contributed by atoms with van der Waals surface area (Å²) >= 11 is 0. The Balaban J connectivity index is 1.70. The maximum absolute atomic E-state index is 14.0. The number of methoxy groups -OCH3 is 1. The van der Waals surface area contributed by atoms with Crippen LogP contribution in [0.15, 0.2) is 108 Å². The first-order valence-electron chi connectivity index (χ1n) is 12.6. The summed E-state index contributed by atoms with van der Waals surface area (Å²) in [6.45, 7) is 2.03. The van der Waals surface area contributed by atoms with Crippen molar-refractivity contribution in [3.05, 3.63) is 141 Å². The summed E-state index contributed by atoms with van der Waals surface area (Å²) in [7, 11) is 1.53. The van der Waals surface area contributed by atoms with Gasteiger partial charge in [0.25, 0.3) is 17.2 Å². The number of carbonyl (C=O) groups excluding carboxylic acids is 1.